The average Bonchev–Trinajstić information content (AvgIpc) is 3.32. The molecule has 0 saturated carbocycles. The normalized spacial score (nSPS) is 14.9. The molecular formula is C29H40N6O3. The summed E-state index contributed by atoms with van der Waals surface area (Å²) in [6.07, 6.45) is 1.10. The Hall–Kier alpha value is -3.43. The van der Waals surface area contributed by atoms with Gasteiger partial charge in [-0.25, -0.2) is 5.01 Å². The molecule has 0 atom stereocenters. The van der Waals surface area contributed by atoms with Crippen molar-refractivity contribution in [2.24, 2.45) is 0 Å². The Morgan fingerprint density at radius 3 is 2.34 bits per heavy atom. The molecule has 2 aliphatic heterocycles. The van der Waals surface area contributed by atoms with E-state index in [4.69, 9.17) is 0 Å². The van der Waals surface area contributed by atoms with E-state index in [9.17, 15) is 14.4 Å². The average molecular weight is 521 g/mol. The van der Waals surface area contributed by atoms with Crippen molar-refractivity contribution in [1.29, 1.82) is 0 Å². The molecule has 2 heterocycles. The maximum Gasteiger partial charge on any atom is 0.256 e. The molecule has 0 fully saturated rings. The molecule has 0 unspecified atom stereocenters. The molecule has 204 valence electrons. The number of aryl methyl sites for hydroxylation is 2. The maximum atomic E-state index is 13.5. The molecule has 9 heteroatoms. The zero-order valence-electron chi connectivity index (χ0n) is 23.2. The van der Waals surface area contributed by atoms with Crippen molar-refractivity contribution in [3.8, 4) is 0 Å². The van der Waals surface area contributed by atoms with E-state index in [1.807, 2.05) is 41.1 Å². The minimum atomic E-state index is -0.135. The number of anilines is 2. The van der Waals surface area contributed by atoms with Crippen molar-refractivity contribution in [3.63, 3.8) is 0 Å². The zero-order chi connectivity index (χ0) is 27.4. The number of amides is 3. The first-order valence-corrected chi connectivity index (χ1v) is 13.4. The van der Waals surface area contributed by atoms with Crippen LogP contribution in [0.1, 0.15) is 42.5 Å². The predicted octanol–water partition coefficient (Wildman–Crippen LogP) is 2.21. The van der Waals surface area contributed by atoms with Crippen molar-refractivity contribution >= 4 is 29.1 Å². The van der Waals surface area contributed by atoms with E-state index in [2.05, 4.69) is 36.6 Å². The molecule has 4 rings (SSSR count). The van der Waals surface area contributed by atoms with E-state index < -0.39 is 0 Å². The number of benzene rings is 2. The molecule has 2 aromatic rings. The molecule has 0 radical (unpaired) electrons. The Bertz CT molecular complexity index is 1170. The largest absolute Gasteiger partial charge is 0.353 e. The molecule has 2 aromatic carbocycles. The lowest BCUT2D eigenvalue weighted by molar-refractivity contribution is -0.145. The Morgan fingerprint density at radius 1 is 1.00 bits per heavy atom. The van der Waals surface area contributed by atoms with E-state index in [1.165, 1.54) is 11.1 Å². The lowest BCUT2D eigenvalue weighted by Crippen LogP contribution is -2.48. The summed E-state index contributed by atoms with van der Waals surface area (Å²) < 4.78 is 0. The summed E-state index contributed by atoms with van der Waals surface area (Å²) in [5.41, 5.74) is 6.15. The molecule has 0 bridgehead atoms. The van der Waals surface area contributed by atoms with Gasteiger partial charge in [0.05, 0.1) is 13.1 Å². The number of hydrazine groups is 1. The fourth-order valence-corrected chi connectivity index (χ4v) is 5.09. The highest BCUT2D eigenvalue weighted by Gasteiger charge is 2.28. The zero-order valence-corrected chi connectivity index (χ0v) is 23.2. The van der Waals surface area contributed by atoms with Crippen LogP contribution in [0.2, 0.25) is 0 Å². The third-order valence-corrected chi connectivity index (χ3v) is 7.35. The van der Waals surface area contributed by atoms with Gasteiger partial charge in [0.25, 0.3) is 5.91 Å². The molecule has 0 aromatic heterocycles. The third kappa shape index (κ3) is 6.34. The molecule has 0 spiro atoms. The summed E-state index contributed by atoms with van der Waals surface area (Å²) in [7, 11) is 3.59. The van der Waals surface area contributed by atoms with Gasteiger partial charge in [-0.2, -0.15) is 0 Å². The Kier molecular flexibility index (Phi) is 8.69. The number of hydrogen-bond donors (Lipinski definition) is 2. The van der Waals surface area contributed by atoms with Gasteiger partial charge in [0, 0.05) is 64.1 Å². The second kappa shape index (κ2) is 12.0. The molecule has 2 aliphatic rings. The number of carbonyl (C=O) groups excluding carboxylic acids is 3. The molecule has 38 heavy (non-hydrogen) atoms. The number of fused-ring (bicyclic) bond motifs is 2. The number of hydrogen-bond acceptors (Lipinski definition) is 6. The van der Waals surface area contributed by atoms with Crippen LogP contribution in [0.5, 0.6) is 0 Å². The van der Waals surface area contributed by atoms with Gasteiger partial charge in [-0.15, -0.1) is 0 Å². The van der Waals surface area contributed by atoms with Crippen LogP contribution < -0.4 is 20.4 Å². The number of nitrogens with zero attached hydrogens (tertiary/aromatic N) is 4. The summed E-state index contributed by atoms with van der Waals surface area (Å²) in [6.45, 7) is 8.78. The van der Waals surface area contributed by atoms with E-state index in [1.54, 1.807) is 24.0 Å². The third-order valence-electron chi connectivity index (χ3n) is 7.35. The fraction of sp³-hybridized carbons (Fsp3) is 0.483. The van der Waals surface area contributed by atoms with Crippen LogP contribution in [0.15, 0.2) is 36.4 Å². The van der Waals surface area contributed by atoms with Crippen molar-refractivity contribution in [3.05, 3.63) is 58.7 Å². The molecule has 9 nitrogen and oxygen atoms in total. The Labute approximate surface area is 225 Å². The first-order chi connectivity index (χ1) is 18.1. The van der Waals surface area contributed by atoms with E-state index in [0.29, 0.717) is 45.1 Å². The molecule has 2 N–H and O–H groups in total. The van der Waals surface area contributed by atoms with Gasteiger partial charge in [0.1, 0.15) is 0 Å². The monoisotopic (exact) mass is 520 g/mol. The van der Waals surface area contributed by atoms with Crippen molar-refractivity contribution in [2.75, 3.05) is 50.1 Å². The second-order valence-electron chi connectivity index (χ2n) is 10.5. The van der Waals surface area contributed by atoms with Crippen molar-refractivity contribution < 1.29 is 14.4 Å². The van der Waals surface area contributed by atoms with Crippen LogP contribution >= 0.6 is 0 Å². The number of likely N-dealkylation sites (N-methyl/N-ethyl adjacent to an activating group) is 1. The SMILES string of the molecule is Cc1cc2c(cc1N(CC(=O)NCCNC(C)C)CC(=O)N(C)N1Cc3ccccc3C1)CCC(=O)N2C. The second-order valence-corrected chi connectivity index (χ2v) is 10.5. The van der Waals surface area contributed by atoms with Gasteiger partial charge >= 0.3 is 0 Å². The minimum Gasteiger partial charge on any atom is -0.353 e. The molecule has 0 aliphatic carbocycles. The lowest BCUT2D eigenvalue weighted by Gasteiger charge is -2.33. The van der Waals surface area contributed by atoms with Crippen LogP contribution in [0.25, 0.3) is 0 Å². The smallest absolute Gasteiger partial charge is 0.256 e. The van der Waals surface area contributed by atoms with Crippen LogP contribution in [-0.4, -0.2) is 74.1 Å². The standard InChI is InChI=1S/C29H40N6O3/c1-20(2)30-12-13-31-27(36)18-34(25-15-22-10-11-28(37)32(4)26(22)14-21(25)3)19-29(38)33(5)35-16-23-8-6-7-9-24(23)17-35/h6-9,14-15,20,30H,10-13,16-19H2,1-5H3,(H,31,36). The van der Waals surface area contributed by atoms with Gasteiger partial charge in [-0.05, 0) is 47.7 Å². The van der Waals surface area contributed by atoms with Crippen LogP contribution in [-0.2, 0) is 33.9 Å². The van der Waals surface area contributed by atoms with E-state index in [0.717, 1.165) is 22.5 Å². The van der Waals surface area contributed by atoms with E-state index >= 15 is 0 Å². The van der Waals surface area contributed by atoms with Crippen LogP contribution in [0.3, 0.4) is 0 Å². The highest BCUT2D eigenvalue weighted by molar-refractivity contribution is 5.97. The van der Waals surface area contributed by atoms with E-state index in [-0.39, 0.29) is 30.8 Å². The van der Waals surface area contributed by atoms with Gasteiger partial charge in [0.2, 0.25) is 11.8 Å². The number of rotatable bonds is 10. The molecular weight excluding hydrogens is 480 g/mol. The van der Waals surface area contributed by atoms with Crippen molar-refractivity contribution in [1.82, 2.24) is 20.7 Å². The molecule has 3 amide bonds. The summed E-state index contributed by atoms with van der Waals surface area (Å²) >= 11 is 0. The van der Waals surface area contributed by atoms with Gasteiger partial charge < -0.3 is 20.4 Å². The first-order valence-electron chi connectivity index (χ1n) is 13.4. The van der Waals surface area contributed by atoms with Crippen LogP contribution in [0.4, 0.5) is 11.4 Å². The van der Waals surface area contributed by atoms with Crippen LogP contribution in [0, 0.1) is 6.92 Å². The first kappa shape index (κ1) is 27.6. The lowest BCUT2D eigenvalue weighted by atomic mass is 9.98. The summed E-state index contributed by atoms with van der Waals surface area (Å²) in [4.78, 5) is 42.3. The van der Waals surface area contributed by atoms with Gasteiger partial charge in [-0.1, -0.05) is 38.1 Å². The van der Waals surface area contributed by atoms with Gasteiger partial charge in [-0.3, -0.25) is 19.4 Å². The fourth-order valence-electron chi connectivity index (χ4n) is 5.09. The topological polar surface area (TPSA) is 88.2 Å². The minimum absolute atomic E-state index is 0.0649. The maximum absolute atomic E-state index is 13.5. The summed E-state index contributed by atoms with van der Waals surface area (Å²) in [5.74, 6) is -0.125. The number of nitrogens with one attached hydrogen (secondary N) is 2. The summed E-state index contributed by atoms with van der Waals surface area (Å²) in [6, 6.07) is 12.6. The highest BCUT2D eigenvalue weighted by atomic mass is 16.2. The molecule has 0 saturated heterocycles. The Morgan fingerprint density at radius 2 is 1.68 bits per heavy atom. The number of carbonyl (C=O) groups is 3. The van der Waals surface area contributed by atoms with Crippen molar-refractivity contribution in [2.45, 2.75) is 52.7 Å². The summed E-state index contributed by atoms with van der Waals surface area (Å²) in [5, 5.41) is 9.98. The quantitative estimate of drug-likeness (QED) is 0.467. The Balaban J connectivity index is 1.52. The van der Waals surface area contributed by atoms with Gasteiger partial charge in [0.15, 0.2) is 0 Å². The predicted molar refractivity (Wildman–Crippen MR) is 150 cm³/mol. The highest BCUT2D eigenvalue weighted by Crippen LogP contribution is 2.34.